The van der Waals surface area contributed by atoms with E-state index in [1.165, 1.54) is 30.5 Å². The Kier molecular flexibility index (Phi) is 2.79. The third-order valence-corrected chi connectivity index (χ3v) is 3.83. The zero-order valence-electron chi connectivity index (χ0n) is 10.1. The Morgan fingerprint density at radius 2 is 2.12 bits per heavy atom. The molecule has 1 aliphatic heterocycles. The first-order chi connectivity index (χ1) is 8.24. The molecule has 1 heterocycles. The molecule has 1 atom stereocenters. The van der Waals surface area contributed by atoms with Crippen LogP contribution in [0.2, 0.25) is 0 Å². The molecule has 2 aliphatic rings. The summed E-state index contributed by atoms with van der Waals surface area (Å²) < 4.78 is 0. The highest BCUT2D eigenvalue weighted by atomic mass is 32.1. The second-order valence-corrected chi connectivity index (χ2v) is 5.66. The van der Waals surface area contributed by atoms with E-state index >= 15 is 0 Å². The van der Waals surface area contributed by atoms with Gasteiger partial charge in [-0.25, -0.2) is 0 Å². The molecule has 1 N–H and O–H groups in total. The zero-order chi connectivity index (χ0) is 11.8. The topological polar surface area (TPSA) is 15.3 Å². The van der Waals surface area contributed by atoms with Crippen molar-refractivity contribution in [3.63, 3.8) is 0 Å². The van der Waals surface area contributed by atoms with E-state index in [4.69, 9.17) is 12.2 Å². The fourth-order valence-electron chi connectivity index (χ4n) is 2.47. The van der Waals surface area contributed by atoms with Gasteiger partial charge in [0, 0.05) is 18.3 Å². The SMILES string of the molecule is CC1Cc2ccccc2N(C(=S)NC2CC2)C1. The molecule has 1 fully saturated rings. The van der Waals surface area contributed by atoms with Gasteiger partial charge in [0.15, 0.2) is 5.11 Å². The summed E-state index contributed by atoms with van der Waals surface area (Å²) in [5, 5.41) is 4.35. The summed E-state index contributed by atoms with van der Waals surface area (Å²) in [6.45, 7) is 3.33. The van der Waals surface area contributed by atoms with Crippen LogP contribution in [0, 0.1) is 5.92 Å². The molecule has 90 valence electrons. The minimum Gasteiger partial charge on any atom is -0.360 e. The van der Waals surface area contributed by atoms with Gasteiger partial charge in [0.05, 0.1) is 0 Å². The second kappa shape index (κ2) is 4.30. The molecule has 1 saturated carbocycles. The van der Waals surface area contributed by atoms with E-state index in [2.05, 4.69) is 41.4 Å². The zero-order valence-corrected chi connectivity index (χ0v) is 11.0. The molecule has 0 spiro atoms. The summed E-state index contributed by atoms with van der Waals surface area (Å²) in [5.41, 5.74) is 2.72. The van der Waals surface area contributed by atoms with Gasteiger partial charge in [-0.1, -0.05) is 25.1 Å². The lowest BCUT2D eigenvalue weighted by Gasteiger charge is -2.35. The van der Waals surface area contributed by atoms with Crippen LogP contribution in [-0.2, 0) is 6.42 Å². The van der Waals surface area contributed by atoms with Crippen LogP contribution in [0.3, 0.4) is 0 Å². The van der Waals surface area contributed by atoms with Crippen LogP contribution in [-0.4, -0.2) is 17.7 Å². The molecule has 1 aliphatic carbocycles. The minimum atomic E-state index is 0.631. The molecular weight excluding hydrogens is 228 g/mol. The molecule has 3 rings (SSSR count). The minimum absolute atomic E-state index is 0.631. The third-order valence-electron chi connectivity index (χ3n) is 3.50. The van der Waals surface area contributed by atoms with Gasteiger partial charge in [-0.05, 0) is 49.0 Å². The van der Waals surface area contributed by atoms with Crippen LogP contribution in [0.15, 0.2) is 24.3 Å². The van der Waals surface area contributed by atoms with E-state index in [0.29, 0.717) is 12.0 Å². The number of nitrogens with zero attached hydrogens (tertiary/aromatic N) is 1. The molecule has 1 aromatic carbocycles. The Morgan fingerprint density at radius 1 is 1.35 bits per heavy atom. The number of anilines is 1. The molecule has 0 bridgehead atoms. The summed E-state index contributed by atoms with van der Waals surface area (Å²) in [7, 11) is 0. The lowest BCUT2D eigenvalue weighted by Crippen LogP contribution is -2.45. The lowest BCUT2D eigenvalue weighted by atomic mass is 9.94. The summed E-state index contributed by atoms with van der Waals surface area (Å²) in [4.78, 5) is 2.27. The summed E-state index contributed by atoms with van der Waals surface area (Å²) in [5.74, 6) is 0.670. The van der Waals surface area contributed by atoms with Crippen molar-refractivity contribution in [2.24, 2.45) is 5.92 Å². The lowest BCUT2D eigenvalue weighted by molar-refractivity contribution is 0.565. The van der Waals surface area contributed by atoms with E-state index in [-0.39, 0.29) is 0 Å². The molecule has 0 saturated heterocycles. The largest absolute Gasteiger partial charge is 0.360 e. The molecule has 3 heteroatoms. The molecule has 1 aromatic rings. The van der Waals surface area contributed by atoms with E-state index in [1.54, 1.807) is 0 Å². The van der Waals surface area contributed by atoms with E-state index in [1.807, 2.05) is 0 Å². The van der Waals surface area contributed by atoms with Gasteiger partial charge >= 0.3 is 0 Å². The van der Waals surface area contributed by atoms with E-state index in [0.717, 1.165) is 11.7 Å². The number of rotatable bonds is 1. The van der Waals surface area contributed by atoms with Crippen LogP contribution >= 0.6 is 12.2 Å². The van der Waals surface area contributed by atoms with Gasteiger partial charge in [-0.15, -0.1) is 0 Å². The first-order valence-corrected chi connectivity index (χ1v) is 6.81. The third kappa shape index (κ3) is 2.29. The Balaban J connectivity index is 1.85. The fourth-order valence-corrected chi connectivity index (χ4v) is 2.81. The van der Waals surface area contributed by atoms with Crippen molar-refractivity contribution in [2.75, 3.05) is 11.4 Å². The average molecular weight is 246 g/mol. The number of fused-ring (bicyclic) bond motifs is 1. The second-order valence-electron chi connectivity index (χ2n) is 5.27. The highest BCUT2D eigenvalue weighted by Gasteiger charge is 2.28. The maximum absolute atomic E-state index is 5.53. The fraction of sp³-hybridized carbons (Fsp3) is 0.500. The van der Waals surface area contributed by atoms with Crippen molar-refractivity contribution < 1.29 is 0 Å². The number of hydrogen-bond donors (Lipinski definition) is 1. The highest BCUT2D eigenvalue weighted by Crippen LogP contribution is 2.30. The van der Waals surface area contributed by atoms with Crippen molar-refractivity contribution >= 4 is 23.0 Å². The van der Waals surface area contributed by atoms with Gasteiger partial charge in [0.1, 0.15) is 0 Å². The average Bonchev–Trinajstić information content (AvgIpc) is 3.11. The van der Waals surface area contributed by atoms with Crippen LogP contribution in [0.4, 0.5) is 5.69 Å². The van der Waals surface area contributed by atoms with Gasteiger partial charge in [-0.3, -0.25) is 0 Å². The predicted molar refractivity (Wildman–Crippen MR) is 75.4 cm³/mol. The summed E-state index contributed by atoms with van der Waals surface area (Å²) in [6, 6.07) is 9.25. The van der Waals surface area contributed by atoms with Crippen LogP contribution in [0.1, 0.15) is 25.3 Å². The number of nitrogens with one attached hydrogen (secondary N) is 1. The molecule has 0 aromatic heterocycles. The molecular formula is C14H18N2S. The maximum Gasteiger partial charge on any atom is 0.173 e. The Labute approximate surface area is 108 Å². The van der Waals surface area contributed by atoms with Gasteiger partial charge in [0.2, 0.25) is 0 Å². The first-order valence-electron chi connectivity index (χ1n) is 6.40. The molecule has 17 heavy (non-hydrogen) atoms. The quantitative estimate of drug-likeness (QED) is 0.767. The van der Waals surface area contributed by atoms with Crippen LogP contribution < -0.4 is 10.2 Å². The Morgan fingerprint density at radius 3 is 2.88 bits per heavy atom. The van der Waals surface area contributed by atoms with Crippen LogP contribution in [0.25, 0.3) is 0 Å². The molecule has 1 unspecified atom stereocenters. The Bertz CT molecular complexity index is 440. The number of benzene rings is 1. The normalized spacial score (nSPS) is 23.1. The van der Waals surface area contributed by atoms with E-state index in [9.17, 15) is 0 Å². The number of thiocarbonyl (C=S) groups is 1. The maximum atomic E-state index is 5.53. The highest BCUT2D eigenvalue weighted by molar-refractivity contribution is 7.80. The molecule has 2 nitrogen and oxygen atoms in total. The smallest absolute Gasteiger partial charge is 0.173 e. The summed E-state index contributed by atoms with van der Waals surface area (Å²) >= 11 is 5.53. The monoisotopic (exact) mass is 246 g/mol. The van der Waals surface area contributed by atoms with Gasteiger partial charge in [0.25, 0.3) is 0 Å². The standard InChI is InChI=1S/C14H18N2S/c1-10-8-11-4-2-3-5-13(11)16(9-10)14(17)15-12-6-7-12/h2-5,10,12H,6-9H2,1H3,(H,15,17). The first kappa shape index (κ1) is 11.0. The predicted octanol–water partition coefficient (Wildman–Crippen LogP) is 2.72. The summed E-state index contributed by atoms with van der Waals surface area (Å²) in [6.07, 6.45) is 3.70. The van der Waals surface area contributed by atoms with Crippen molar-refractivity contribution in [1.29, 1.82) is 0 Å². The van der Waals surface area contributed by atoms with Crippen LogP contribution in [0.5, 0.6) is 0 Å². The number of hydrogen-bond acceptors (Lipinski definition) is 1. The van der Waals surface area contributed by atoms with Crippen molar-refractivity contribution in [3.05, 3.63) is 29.8 Å². The van der Waals surface area contributed by atoms with E-state index < -0.39 is 0 Å². The number of para-hydroxylation sites is 1. The van der Waals surface area contributed by atoms with Crippen molar-refractivity contribution in [1.82, 2.24) is 5.32 Å². The van der Waals surface area contributed by atoms with Crippen molar-refractivity contribution in [2.45, 2.75) is 32.2 Å². The van der Waals surface area contributed by atoms with Crippen molar-refractivity contribution in [3.8, 4) is 0 Å². The Hall–Kier alpha value is -1.09. The van der Waals surface area contributed by atoms with Gasteiger partial charge in [-0.2, -0.15) is 0 Å². The molecule has 0 amide bonds. The molecule has 0 radical (unpaired) electrons. The van der Waals surface area contributed by atoms with Gasteiger partial charge < -0.3 is 10.2 Å².